The number of unbranched alkanes of at least 4 members (excludes halogenated alkanes) is 16. The summed E-state index contributed by atoms with van der Waals surface area (Å²) in [6.45, 7) is 5.33. The Morgan fingerprint density at radius 1 is 0.811 bits per heavy atom. The Morgan fingerprint density at radius 2 is 1.32 bits per heavy atom. The van der Waals surface area contributed by atoms with Gasteiger partial charge in [0.25, 0.3) is 0 Å². The highest BCUT2D eigenvalue weighted by molar-refractivity contribution is 9.09. The number of hydrogen-bond acceptors (Lipinski definition) is 5. The first-order valence-electron chi connectivity index (χ1n) is 14.9. The normalized spacial score (nSPS) is 17.4. The van der Waals surface area contributed by atoms with Crippen LogP contribution >= 0.6 is 15.9 Å². The van der Waals surface area contributed by atoms with Crippen molar-refractivity contribution in [1.29, 1.82) is 0 Å². The zero-order valence-electron chi connectivity index (χ0n) is 23.2. The lowest BCUT2D eigenvalue weighted by molar-refractivity contribution is -0.245. The van der Waals surface area contributed by atoms with Crippen molar-refractivity contribution in [3.05, 3.63) is 0 Å². The Morgan fingerprint density at radius 3 is 1.76 bits per heavy atom. The van der Waals surface area contributed by atoms with Crippen LogP contribution in [0.2, 0.25) is 0 Å². The van der Waals surface area contributed by atoms with Crippen LogP contribution in [0.3, 0.4) is 0 Å². The second kappa shape index (κ2) is 25.5. The number of carbonyl (C=O) groups excluding carboxylic acids is 2. The van der Waals surface area contributed by atoms with E-state index in [1.165, 1.54) is 89.9 Å². The predicted molar refractivity (Wildman–Crippen MR) is 157 cm³/mol. The van der Waals surface area contributed by atoms with Crippen molar-refractivity contribution >= 4 is 28.0 Å². The number of nitrogens with one attached hydrogen (secondary N) is 1. The predicted octanol–water partition coefficient (Wildman–Crippen LogP) is 9.28. The van der Waals surface area contributed by atoms with Crippen LogP contribution < -0.4 is 5.32 Å². The minimum Gasteiger partial charge on any atom is -0.378 e. The number of alkyl halides is 1. The van der Waals surface area contributed by atoms with Crippen molar-refractivity contribution in [3.63, 3.8) is 0 Å². The van der Waals surface area contributed by atoms with E-state index < -0.39 is 12.1 Å². The monoisotopic (exact) mass is 591 g/mol. The van der Waals surface area contributed by atoms with E-state index in [4.69, 9.17) is 14.5 Å². The maximum atomic E-state index is 12.5. The van der Waals surface area contributed by atoms with Crippen molar-refractivity contribution in [2.75, 3.05) is 18.5 Å². The average molecular weight is 593 g/mol. The summed E-state index contributed by atoms with van der Waals surface area (Å²) in [6.07, 6.45) is 23.1. The molecular weight excluding hydrogens is 534 g/mol. The Hall–Kier alpha value is -0.820. The topological polar surface area (TPSA) is 73.9 Å². The van der Waals surface area contributed by atoms with Gasteiger partial charge in [0.1, 0.15) is 0 Å². The summed E-state index contributed by atoms with van der Waals surface area (Å²) in [5.41, 5.74) is 0. The molecule has 0 radical (unpaired) electrons. The number of halogens is 1. The molecule has 220 valence electrons. The molecule has 1 amide bonds. The van der Waals surface area contributed by atoms with Crippen molar-refractivity contribution in [2.45, 2.75) is 149 Å². The van der Waals surface area contributed by atoms with Gasteiger partial charge in [-0.25, -0.2) is 19.4 Å². The third-order valence-electron chi connectivity index (χ3n) is 7.37. The van der Waals surface area contributed by atoms with Crippen molar-refractivity contribution in [3.8, 4) is 0 Å². The lowest BCUT2D eigenvalue weighted by atomic mass is 9.82. The zero-order chi connectivity index (χ0) is 26.3. The Labute approximate surface area is 236 Å². The first-order valence-corrected chi connectivity index (χ1v) is 16.1. The molecule has 1 fully saturated rings. The lowest BCUT2D eigenvalue weighted by Crippen LogP contribution is -2.45. The molecule has 1 N–H and O–H groups in total. The molecule has 0 spiro atoms. The summed E-state index contributed by atoms with van der Waals surface area (Å²) in [6, 6.07) is 0. The molecule has 0 saturated carbocycles. The highest BCUT2D eigenvalue weighted by Gasteiger charge is 2.40. The molecule has 6 nitrogen and oxygen atoms in total. The van der Waals surface area contributed by atoms with Gasteiger partial charge in [0.2, 0.25) is 0 Å². The number of rotatable bonds is 23. The Kier molecular flexibility index (Phi) is 24.9. The van der Waals surface area contributed by atoms with Gasteiger partial charge in [0, 0.05) is 17.8 Å². The molecule has 1 aliphatic rings. The largest absolute Gasteiger partial charge is 0.450 e. The van der Waals surface area contributed by atoms with Gasteiger partial charge in [0.05, 0.1) is 18.6 Å². The third-order valence-corrected chi connectivity index (χ3v) is 7.93. The second-order valence-corrected chi connectivity index (χ2v) is 11.3. The van der Waals surface area contributed by atoms with Gasteiger partial charge >= 0.3 is 12.1 Å². The smallest absolute Gasteiger partial charge is 0.378 e. The number of ether oxygens (including phenoxy) is 1. The summed E-state index contributed by atoms with van der Waals surface area (Å²) in [4.78, 5) is 33.9. The molecule has 0 aromatic heterocycles. The van der Waals surface area contributed by atoms with Crippen LogP contribution in [0.15, 0.2) is 0 Å². The van der Waals surface area contributed by atoms with Crippen LogP contribution in [0.4, 0.5) is 4.79 Å². The Bertz CT molecular complexity index is 548. The molecule has 0 aromatic carbocycles. The SMILES string of the molecule is C.CCCCCCCCCCCCCCCCCCNC(=O)OOC(=O)C(CCCCBr)C1COC1C. The van der Waals surface area contributed by atoms with Crippen molar-refractivity contribution in [1.82, 2.24) is 5.32 Å². The highest BCUT2D eigenvalue weighted by Crippen LogP contribution is 2.32. The quantitative estimate of drug-likeness (QED) is 0.0554. The van der Waals surface area contributed by atoms with E-state index in [2.05, 4.69) is 28.2 Å². The average Bonchev–Trinajstić information content (AvgIpc) is 2.87. The lowest BCUT2D eigenvalue weighted by Gasteiger charge is -2.38. The molecular formula is C30H58BrNO5. The fourth-order valence-corrected chi connectivity index (χ4v) is 5.24. The molecule has 0 aromatic rings. The van der Waals surface area contributed by atoms with Crippen LogP contribution in [-0.2, 0) is 19.3 Å². The summed E-state index contributed by atoms with van der Waals surface area (Å²) in [7, 11) is 0. The summed E-state index contributed by atoms with van der Waals surface area (Å²) >= 11 is 3.42. The minimum atomic E-state index is -0.693. The molecule has 1 saturated heterocycles. The van der Waals surface area contributed by atoms with Crippen molar-refractivity contribution < 1.29 is 24.1 Å². The van der Waals surface area contributed by atoms with Crippen LogP contribution in [0, 0.1) is 11.8 Å². The van der Waals surface area contributed by atoms with Crippen molar-refractivity contribution in [2.24, 2.45) is 11.8 Å². The van der Waals surface area contributed by atoms with Crippen LogP contribution in [0.5, 0.6) is 0 Å². The number of hydrogen-bond donors (Lipinski definition) is 1. The van der Waals surface area contributed by atoms with Gasteiger partial charge in [-0.05, 0) is 26.2 Å². The molecule has 0 bridgehead atoms. The van der Waals surface area contributed by atoms with Crippen LogP contribution in [-0.4, -0.2) is 36.6 Å². The fourth-order valence-electron chi connectivity index (χ4n) is 4.84. The summed E-state index contributed by atoms with van der Waals surface area (Å²) < 4.78 is 5.41. The van der Waals surface area contributed by atoms with E-state index >= 15 is 0 Å². The molecule has 3 unspecified atom stereocenters. The maximum Gasteiger partial charge on any atom is 0.450 e. The van der Waals surface area contributed by atoms with E-state index in [-0.39, 0.29) is 25.4 Å². The third kappa shape index (κ3) is 19.0. The standard InChI is InChI=1S/C29H54BrNO5.CH4/c1-3-4-5-6-7-8-9-10-11-12-13-14-15-16-17-20-23-31-29(33)36-35-28(32)26(21-18-19-22-30)27-24-34-25(27)2;/h25-27H,3-24H2,1-2H3,(H,31,33);1H4. The fraction of sp³-hybridized carbons (Fsp3) is 0.933. The van der Waals surface area contributed by atoms with Gasteiger partial charge in [-0.2, -0.15) is 0 Å². The van der Waals surface area contributed by atoms with E-state index in [1.807, 2.05) is 6.92 Å². The van der Waals surface area contributed by atoms with E-state index in [1.54, 1.807) is 0 Å². The minimum absolute atomic E-state index is 0. The molecule has 0 aliphatic carbocycles. The van der Waals surface area contributed by atoms with Crippen LogP contribution in [0.1, 0.15) is 143 Å². The van der Waals surface area contributed by atoms with Gasteiger partial charge in [-0.3, -0.25) is 0 Å². The first-order chi connectivity index (χ1) is 17.6. The van der Waals surface area contributed by atoms with E-state index in [0.717, 1.165) is 31.0 Å². The molecule has 1 aliphatic heterocycles. The first kappa shape index (κ1) is 36.2. The number of amides is 1. The highest BCUT2D eigenvalue weighted by atomic mass is 79.9. The van der Waals surface area contributed by atoms with E-state index in [0.29, 0.717) is 19.6 Å². The van der Waals surface area contributed by atoms with Gasteiger partial charge in [0.15, 0.2) is 0 Å². The Balaban J connectivity index is 0.0000130. The van der Waals surface area contributed by atoms with Gasteiger partial charge in [-0.1, -0.05) is 133 Å². The summed E-state index contributed by atoms with van der Waals surface area (Å²) in [5.74, 6) is -0.632. The molecule has 1 rings (SSSR count). The molecule has 1 heterocycles. The zero-order valence-corrected chi connectivity index (χ0v) is 24.8. The van der Waals surface area contributed by atoms with Gasteiger partial charge < -0.3 is 10.1 Å². The van der Waals surface area contributed by atoms with Gasteiger partial charge in [-0.15, -0.1) is 0 Å². The second-order valence-electron chi connectivity index (χ2n) is 10.5. The van der Waals surface area contributed by atoms with E-state index in [9.17, 15) is 9.59 Å². The molecule has 37 heavy (non-hydrogen) atoms. The summed E-state index contributed by atoms with van der Waals surface area (Å²) in [5, 5.41) is 3.58. The van der Waals surface area contributed by atoms with Crippen LogP contribution in [0.25, 0.3) is 0 Å². The molecule has 3 atom stereocenters. The number of carbonyl (C=O) groups is 2. The maximum absolute atomic E-state index is 12.5. The molecule has 7 heteroatoms.